The first-order chi connectivity index (χ1) is 11.5. The van der Waals surface area contributed by atoms with Crippen LogP contribution in [0.2, 0.25) is 0 Å². The number of rotatable bonds is 12. The van der Waals surface area contributed by atoms with E-state index in [9.17, 15) is 15.2 Å². The van der Waals surface area contributed by atoms with Crippen LogP contribution in [0.4, 0.5) is 0 Å². The Balaban J connectivity index is 2.45. The summed E-state index contributed by atoms with van der Waals surface area (Å²) in [6.45, 7) is 3.82. The third-order valence-electron chi connectivity index (χ3n) is 4.67. The summed E-state index contributed by atoms with van der Waals surface area (Å²) in [5.41, 5.74) is 2.37. The van der Waals surface area contributed by atoms with Crippen molar-refractivity contribution in [1.82, 2.24) is 0 Å². The molecule has 0 heterocycles. The van der Waals surface area contributed by atoms with Crippen molar-refractivity contribution < 1.29 is 15.1 Å². The third kappa shape index (κ3) is 6.97. The molecule has 0 amide bonds. The highest BCUT2D eigenvalue weighted by Crippen LogP contribution is 2.23. The standard InChI is InChI=1S/C19H31NO4/c1-3-4-5-6-7-15(2)17-11-8-16(9-12-17)10-13-19(22)18(14-21)20(23)24/h8-9,11-12,15,18-19,21-22H,3-7,10,13-14H2,1-2H3. The van der Waals surface area contributed by atoms with Crippen LogP contribution in [0.15, 0.2) is 24.3 Å². The van der Waals surface area contributed by atoms with Crippen molar-refractivity contribution in [1.29, 1.82) is 0 Å². The van der Waals surface area contributed by atoms with E-state index >= 15 is 0 Å². The first-order valence-electron chi connectivity index (χ1n) is 9.00. The van der Waals surface area contributed by atoms with Crippen LogP contribution in [-0.2, 0) is 6.42 Å². The molecule has 0 aromatic heterocycles. The van der Waals surface area contributed by atoms with Crippen LogP contribution < -0.4 is 0 Å². The molecule has 0 fully saturated rings. The van der Waals surface area contributed by atoms with E-state index in [1.807, 2.05) is 12.1 Å². The molecule has 0 aliphatic carbocycles. The number of benzene rings is 1. The molecule has 0 saturated heterocycles. The van der Waals surface area contributed by atoms with Gasteiger partial charge in [0.2, 0.25) is 0 Å². The minimum atomic E-state index is -1.30. The second-order valence-electron chi connectivity index (χ2n) is 6.63. The van der Waals surface area contributed by atoms with Crippen molar-refractivity contribution >= 4 is 0 Å². The highest BCUT2D eigenvalue weighted by Gasteiger charge is 2.28. The summed E-state index contributed by atoms with van der Waals surface area (Å²) in [6, 6.07) is 6.99. The van der Waals surface area contributed by atoms with Crippen molar-refractivity contribution in [2.24, 2.45) is 0 Å². The van der Waals surface area contributed by atoms with Gasteiger partial charge in [-0.2, -0.15) is 0 Å². The molecule has 24 heavy (non-hydrogen) atoms. The normalized spacial score (nSPS) is 15.0. The molecule has 5 nitrogen and oxygen atoms in total. The monoisotopic (exact) mass is 337 g/mol. The fourth-order valence-corrected chi connectivity index (χ4v) is 2.89. The van der Waals surface area contributed by atoms with E-state index in [-0.39, 0.29) is 6.42 Å². The van der Waals surface area contributed by atoms with E-state index in [2.05, 4.69) is 26.0 Å². The molecule has 0 spiro atoms. The van der Waals surface area contributed by atoms with Gasteiger partial charge in [0, 0.05) is 4.92 Å². The van der Waals surface area contributed by atoms with Gasteiger partial charge in [-0.25, -0.2) is 0 Å². The molecule has 0 radical (unpaired) electrons. The van der Waals surface area contributed by atoms with Crippen molar-refractivity contribution in [3.05, 3.63) is 45.5 Å². The molecule has 1 aromatic rings. The van der Waals surface area contributed by atoms with Crippen molar-refractivity contribution in [3.63, 3.8) is 0 Å². The molecule has 3 unspecified atom stereocenters. The summed E-state index contributed by atoms with van der Waals surface area (Å²) in [4.78, 5) is 10.1. The van der Waals surface area contributed by atoms with Gasteiger partial charge >= 0.3 is 0 Å². The van der Waals surface area contributed by atoms with E-state index in [0.29, 0.717) is 12.3 Å². The highest BCUT2D eigenvalue weighted by molar-refractivity contribution is 5.25. The Morgan fingerprint density at radius 2 is 1.79 bits per heavy atom. The van der Waals surface area contributed by atoms with Crippen LogP contribution in [0.1, 0.15) is 69.4 Å². The van der Waals surface area contributed by atoms with Gasteiger partial charge in [0.05, 0.1) is 0 Å². The lowest BCUT2D eigenvalue weighted by atomic mass is 9.93. The SMILES string of the molecule is CCCCCCC(C)c1ccc(CCC(O)C(CO)[N+](=O)[O-])cc1. The van der Waals surface area contributed by atoms with Gasteiger partial charge in [-0.05, 0) is 36.3 Å². The zero-order chi connectivity index (χ0) is 17.9. The van der Waals surface area contributed by atoms with Crippen LogP contribution in [0.5, 0.6) is 0 Å². The largest absolute Gasteiger partial charge is 0.389 e. The zero-order valence-corrected chi connectivity index (χ0v) is 14.9. The second kappa shape index (κ2) is 11.2. The Morgan fingerprint density at radius 1 is 1.12 bits per heavy atom. The smallest absolute Gasteiger partial charge is 0.261 e. The maximum Gasteiger partial charge on any atom is 0.261 e. The summed E-state index contributed by atoms with van der Waals surface area (Å²) in [5.74, 6) is 0.537. The number of hydrogen-bond acceptors (Lipinski definition) is 4. The summed E-state index contributed by atoms with van der Waals surface area (Å²) < 4.78 is 0. The van der Waals surface area contributed by atoms with Crippen molar-refractivity contribution in [2.45, 2.75) is 76.9 Å². The summed E-state index contributed by atoms with van der Waals surface area (Å²) >= 11 is 0. The van der Waals surface area contributed by atoms with Gasteiger partial charge < -0.3 is 10.2 Å². The number of nitrogens with zero attached hydrogens (tertiary/aromatic N) is 1. The molecule has 5 heteroatoms. The molecule has 0 aliphatic heterocycles. The average Bonchev–Trinajstić information content (AvgIpc) is 2.57. The predicted molar refractivity (Wildman–Crippen MR) is 95.8 cm³/mol. The van der Waals surface area contributed by atoms with E-state index in [1.165, 1.54) is 37.7 Å². The number of hydrogen-bond donors (Lipinski definition) is 2. The van der Waals surface area contributed by atoms with Gasteiger partial charge in [0.15, 0.2) is 0 Å². The molecule has 136 valence electrons. The Bertz CT molecular complexity index is 475. The van der Waals surface area contributed by atoms with Gasteiger partial charge in [-0.15, -0.1) is 0 Å². The second-order valence-corrected chi connectivity index (χ2v) is 6.63. The van der Waals surface area contributed by atoms with Crippen molar-refractivity contribution in [3.8, 4) is 0 Å². The van der Waals surface area contributed by atoms with Crippen LogP contribution in [-0.4, -0.2) is 33.9 Å². The van der Waals surface area contributed by atoms with Gasteiger partial charge in [0.1, 0.15) is 12.7 Å². The molecule has 1 aromatic carbocycles. The van der Waals surface area contributed by atoms with Crippen LogP contribution >= 0.6 is 0 Å². The predicted octanol–water partition coefficient (Wildman–Crippen LogP) is 3.69. The lowest BCUT2D eigenvalue weighted by Crippen LogP contribution is -2.37. The lowest BCUT2D eigenvalue weighted by molar-refractivity contribution is -0.537. The maximum absolute atomic E-state index is 10.7. The van der Waals surface area contributed by atoms with Gasteiger partial charge in [0.25, 0.3) is 6.04 Å². The van der Waals surface area contributed by atoms with Crippen LogP contribution in [0.3, 0.4) is 0 Å². The molecule has 3 atom stereocenters. The zero-order valence-electron chi connectivity index (χ0n) is 14.9. The topological polar surface area (TPSA) is 83.6 Å². The third-order valence-corrected chi connectivity index (χ3v) is 4.67. The van der Waals surface area contributed by atoms with Crippen LogP contribution in [0, 0.1) is 10.1 Å². The minimum Gasteiger partial charge on any atom is -0.389 e. The Morgan fingerprint density at radius 3 is 2.33 bits per heavy atom. The summed E-state index contributed by atoms with van der Waals surface area (Å²) in [5, 5.41) is 29.5. The Labute approximate surface area is 144 Å². The van der Waals surface area contributed by atoms with E-state index in [0.717, 1.165) is 5.56 Å². The Hall–Kier alpha value is -1.46. The van der Waals surface area contributed by atoms with E-state index < -0.39 is 23.7 Å². The van der Waals surface area contributed by atoms with Gasteiger partial charge in [-0.3, -0.25) is 10.1 Å². The first kappa shape index (κ1) is 20.6. The molecule has 0 aliphatic rings. The number of unbranched alkanes of at least 4 members (excludes halogenated alkanes) is 3. The fraction of sp³-hybridized carbons (Fsp3) is 0.684. The lowest BCUT2D eigenvalue weighted by Gasteiger charge is -2.15. The average molecular weight is 337 g/mol. The Kier molecular flexibility index (Phi) is 9.57. The highest BCUT2D eigenvalue weighted by atomic mass is 16.6. The van der Waals surface area contributed by atoms with Crippen LogP contribution in [0.25, 0.3) is 0 Å². The van der Waals surface area contributed by atoms with E-state index in [4.69, 9.17) is 5.11 Å². The van der Waals surface area contributed by atoms with Gasteiger partial charge in [-0.1, -0.05) is 63.8 Å². The molecular formula is C19H31NO4. The fourth-order valence-electron chi connectivity index (χ4n) is 2.89. The molecular weight excluding hydrogens is 306 g/mol. The number of nitro groups is 1. The summed E-state index contributed by atoms with van der Waals surface area (Å²) in [6.07, 6.45) is 6.01. The quantitative estimate of drug-likeness (QED) is 0.346. The molecule has 0 bridgehead atoms. The maximum atomic E-state index is 10.7. The van der Waals surface area contributed by atoms with Crippen molar-refractivity contribution in [2.75, 3.05) is 6.61 Å². The summed E-state index contributed by atoms with van der Waals surface area (Å²) in [7, 11) is 0. The minimum absolute atomic E-state index is 0.276. The van der Waals surface area contributed by atoms with E-state index in [1.54, 1.807) is 0 Å². The first-order valence-corrected chi connectivity index (χ1v) is 9.00. The number of aliphatic hydroxyl groups excluding tert-OH is 2. The molecule has 1 rings (SSSR count). The number of aliphatic hydroxyl groups is 2. The number of aryl methyl sites for hydroxylation is 1. The molecule has 0 saturated carbocycles. The molecule has 2 N–H and O–H groups in total.